The monoisotopic (exact) mass is 313 g/mol. The van der Waals surface area contributed by atoms with Crippen LogP contribution in [0.2, 0.25) is 0 Å². The molecule has 1 saturated heterocycles. The zero-order valence-corrected chi connectivity index (χ0v) is 13.2. The van der Waals surface area contributed by atoms with Crippen LogP contribution in [0.1, 0.15) is 6.92 Å². The molecule has 1 aromatic rings. The molecule has 7 heteroatoms. The minimum Gasteiger partial charge on any atom is -0.384 e. The molecule has 118 valence electrons. The molecular weight excluding hydrogens is 290 g/mol. The Balaban J connectivity index is 1.94. The van der Waals surface area contributed by atoms with E-state index < -0.39 is 10.0 Å². The van der Waals surface area contributed by atoms with E-state index in [1.54, 1.807) is 18.2 Å². The number of rotatable bonds is 7. The minimum atomic E-state index is -3.48. The van der Waals surface area contributed by atoms with Crippen LogP contribution in [0.4, 0.5) is 5.69 Å². The number of morpholine rings is 1. The van der Waals surface area contributed by atoms with Gasteiger partial charge in [-0.1, -0.05) is 12.1 Å². The van der Waals surface area contributed by atoms with E-state index in [0.29, 0.717) is 30.2 Å². The fourth-order valence-electron chi connectivity index (χ4n) is 2.28. The zero-order valence-electron chi connectivity index (χ0n) is 12.3. The number of nitrogens with zero attached hydrogens (tertiary/aromatic N) is 1. The Morgan fingerprint density at radius 3 is 2.67 bits per heavy atom. The van der Waals surface area contributed by atoms with Gasteiger partial charge >= 0.3 is 0 Å². The van der Waals surface area contributed by atoms with Gasteiger partial charge in [0.05, 0.1) is 18.9 Å². The van der Waals surface area contributed by atoms with Crippen LogP contribution in [0.25, 0.3) is 0 Å². The fraction of sp³-hybridized carbons (Fsp3) is 0.571. The quantitative estimate of drug-likeness (QED) is 0.776. The Kier molecular flexibility index (Phi) is 5.98. The molecule has 1 aliphatic rings. The summed E-state index contributed by atoms with van der Waals surface area (Å²) in [6.07, 6.45) is 0. The van der Waals surface area contributed by atoms with Crippen molar-refractivity contribution < 1.29 is 13.2 Å². The molecule has 2 rings (SSSR count). The highest BCUT2D eigenvalue weighted by atomic mass is 32.2. The molecule has 0 unspecified atom stereocenters. The number of nitrogens with one attached hydrogen (secondary N) is 2. The summed E-state index contributed by atoms with van der Waals surface area (Å²) in [6.45, 7) is 6.88. The van der Waals surface area contributed by atoms with Crippen molar-refractivity contribution in [3.63, 3.8) is 0 Å². The molecule has 0 aliphatic carbocycles. The standard InChI is InChI=1S/C14H23N3O3S/c1-2-15-13-5-3-4-6-14(13)21(18,19)16-7-8-17-9-11-20-12-10-17/h3-6,15-16H,2,7-12H2,1H3. The Bertz CT molecular complexity index is 542. The molecule has 1 fully saturated rings. The van der Waals surface area contributed by atoms with Crippen LogP contribution in [0.5, 0.6) is 0 Å². The number of ether oxygens (including phenoxy) is 1. The van der Waals surface area contributed by atoms with Gasteiger partial charge in [0.25, 0.3) is 0 Å². The van der Waals surface area contributed by atoms with Gasteiger partial charge in [-0.25, -0.2) is 13.1 Å². The maximum absolute atomic E-state index is 12.4. The van der Waals surface area contributed by atoms with Crippen molar-refractivity contribution in [1.29, 1.82) is 0 Å². The number of anilines is 1. The third-order valence-corrected chi connectivity index (χ3v) is 4.89. The highest BCUT2D eigenvalue weighted by Gasteiger charge is 2.18. The predicted octanol–water partition coefficient (Wildman–Crippen LogP) is 0.729. The zero-order chi connectivity index (χ0) is 15.1. The van der Waals surface area contributed by atoms with Gasteiger partial charge < -0.3 is 10.1 Å². The molecular formula is C14H23N3O3S. The van der Waals surface area contributed by atoms with Gasteiger partial charge in [-0.05, 0) is 19.1 Å². The number of para-hydroxylation sites is 1. The van der Waals surface area contributed by atoms with Crippen molar-refractivity contribution in [3.8, 4) is 0 Å². The molecule has 1 aliphatic heterocycles. The van der Waals surface area contributed by atoms with E-state index in [1.807, 2.05) is 13.0 Å². The van der Waals surface area contributed by atoms with E-state index >= 15 is 0 Å². The van der Waals surface area contributed by atoms with Crippen LogP contribution in [0, 0.1) is 0 Å². The number of benzene rings is 1. The van der Waals surface area contributed by atoms with Gasteiger partial charge in [-0.3, -0.25) is 4.90 Å². The second-order valence-corrected chi connectivity index (χ2v) is 6.61. The molecule has 0 aromatic heterocycles. The summed E-state index contributed by atoms with van der Waals surface area (Å²) >= 11 is 0. The van der Waals surface area contributed by atoms with E-state index in [-0.39, 0.29) is 0 Å². The van der Waals surface area contributed by atoms with Gasteiger partial charge in [0.1, 0.15) is 4.90 Å². The van der Waals surface area contributed by atoms with E-state index in [2.05, 4.69) is 14.9 Å². The summed E-state index contributed by atoms with van der Waals surface area (Å²) in [5, 5.41) is 3.08. The fourth-order valence-corrected chi connectivity index (χ4v) is 3.48. The van der Waals surface area contributed by atoms with Crippen LogP contribution in [0.3, 0.4) is 0 Å². The lowest BCUT2D eigenvalue weighted by molar-refractivity contribution is 0.0390. The molecule has 6 nitrogen and oxygen atoms in total. The van der Waals surface area contributed by atoms with Gasteiger partial charge in [-0.15, -0.1) is 0 Å². The maximum Gasteiger partial charge on any atom is 0.242 e. The molecule has 1 heterocycles. The Labute approximate surface area is 126 Å². The normalized spacial score (nSPS) is 16.8. The lowest BCUT2D eigenvalue weighted by Crippen LogP contribution is -2.41. The molecule has 0 saturated carbocycles. The first-order valence-corrected chi connectivity index (χ1v) is 8.74. The molecule has 0 atom stereocenters. The smallest absolute Gasteiger partial charge is 0.242 e. The van der Waals surface area contributed by atoms with Gasteiger partial charge in [0, 0.05) is 32.7 Å². The van der Waals surface area contributed by atoms with E-state index in [9.17, 15) is 8.42 Å². The van der Waals surface area contributed by atoms with E-state index in [1.165, 1.54) is 0 Å². The molecule has 21 heavy (non-hydrogen) atoms. The summed E-state index contributed by atoms with van der Waals surface area (Å²) in [6, 6.07) is 6.96. The van der Waals surface area contributed by atoms with Crippen molar-refractivity contribution in [2.45, 2.75) is 11.8 Å². The number of hydrogen-bond acceptors (Lipinski definition) is 5. The SMILES string of the molecule is CCNc1ccccc1S(=O)(=O)NCCN1CCOCC1. The van der Waals surface area contributed by atoms with Crippen LogP contribution < -0.4 is 10.0 Å². The molecule has 1 aromatic carbocycles. The molecule has 0 amide bonds. The Hall–Kier alpha value is -1.15. The Morgan fingerprint density at radius 2 is 1.95 bits per heavy atom. The van der Waals surface area contributed by atoms with Gasteiger partial charge in [0.15, 0.2) is 0 Å². The molecule has 2 N–H and O–H groups in total. The predicted molar refractivity (Wildman–Crippen MR) is 83.1 cm³/mol. The third-order valence-electron chi connectivity index (χ3n) is 3.37. The Morgan fingerprint density at radius 1 is 1.24 bits per heavy atom. The summed E-state index contributed by atoms with van der Waals surface area (Å²) in [5.74, 6) is 0. The second kappa shape index (κ2) is 7.74. The summed E-state index contributed by atoms with van der Waals surface area (Å²) < 4.78 is 32.7. The van der Waals surface area contributed by atoms with E-state index in [0.717, 1.165) is 26.3 Å². The first kappa shape index (κ1) is 16.2. The first-order chi connectivity index (χ1) is 10.1. The van der Waals surface area contributed by atoms with Crippen LogP contribution in [-0.2, 0) is 14.8 Å². The average Bonchev–Trinajstić information content (AvgIpc) is 2.49. The van der Waals surface area contributed by atoms with Gasteiger partial charge in [-0.2, -0.15) is 0 Å². The number of sulfonamides is 1. The van der Waals surface area contributed by atoms with Crippen molar-refractivity contribution in [1.82, 2.24) is 9.62 Å². The van der Waals surface area contributed by atoms with Crippen LogP contribution in [-0.4, -0.2) is 59.3 Å². The second-order valence-electron chi connectivity index (χ2n) is 4.88. The van der Waals surface area contributed by atoms with Crippen LogP contribution >= 0.6 is 0 Å². The van der Waals surface area contributed by atoms with Crippen molar-refractivity contribution in [2.75, 3.05) is 51.3 Å². The number of hydrogen-bond donors (Lipinski definition) is 2. The molecule has 0 spiro atoms. The minimum absolute atomic E-state index is 0.300. The lowest BCUT2D eigenvalue weighted by atomic mass is 10.3. The molecule has 0 radical (unpaired) electrons. The third kappa shape index (κ3) is 4.67. The van der Waals surface area contributed by atoms with Crippen molar-refractivity contribution >= 4 is 15.7 Å². The first-order valence-electron chi connectivity index (χ1n) is 7.26. The highest BCUT2D eigenvalue weighted by molar-refractivity contribution is 7.89. The average molecular weight is 313 g/mol. The van der Waals surface area contributed by atoms with Crippen LogP contribution in [0.15, 0.2) is 29.2 Å². The summed E-state index contributed by atoms with van der Waals surface area (Å²) in [4.78, 5) is 2.50. The summed E-state index contributed by atoms with van der Waals surface area (Å²) in [5.41, 5.74) is 0.638. The van der Waals surface area contributed by atoms with E-state index in [4.69, 9.17) is 4.74 Å². The topological polar surface area (TPSA) is 70.7 Å². The largest absolute Gasteiger partial charge is 0.384 e. The summed E-state index contributed by atoms with van der Waals surface area (Å²) in [7, 11) is -3.48. The molecule has 0 bridgehead atoms. The lowest BCUT2D eigenvalue weighted by Gasteiger charge is -2.26. The highest BCUT2D eigenvalue weighted by Crippen LogP contribution is 2.20. The van der Waals surface area contributed by atoms with Crippen molar-refractivity contribution in [3.05, 3.63) is 24.3 Å². The maximum atomic E-state index is 12.4. The van der Waals surface area contributed by atoms with Crippen molar-refractivity contribution in [2.24, 2.45) is 0 Å². The van der Waals surface area contributed by atoms with Gasteiger partial charge in [0.2, 0.25) is 10.0 Å².